The minimum Gasteiger partial charge on any atom is -0.463 e. The number of carbonyl (C=O) groups excluding carboxylic acids is 1. The van der Waals surface area contributed by atoms with Crippen LogP contribution in [0.25, 0.3) is 0 Å². The van der Waals surface area contributed by atoms with Gasteiger partial charge in [0.25, 0.3) is 0 Å². The van der Waals surface area contributed by atoms with Gasteiger partial charge in [-0.2, -0.15) is 15.0 Å². The second-order valence-electron chi connectivity index (χ2n) is 3.93. The standard InChI is InChI=1S/C11H20N6O2/c1-4-6-19-11-15-9(12)14-10(16-11)17(3)7-8(18)13-5-2/h4-7H2,1-3H3,(H,13,18)(H2,12,14,15,16). The van der Waals surface area contributed by atoms with Crippen LogP contribution in [-0.4, -0.2) is 47.6 Å². The first-order valence-electron chi connectivity index (χ1n) is 6.19. The smallest absolute Gasteiger partial charge is 0.323 e. The lowest BCUT2D eigenvalue weighted by molar-refractivity contribution is -0.119. The molecule has 0 aromatic carbocycles. The number of nitrogens with two attached hydrogens (primary N) is 1. The van der Waals surface area contributed by atoms with E-state index in [1.165, 1.54) is 0 Å². The van der Waals surface area contributed by atoms with Crippen LogP contribution in [0.15, 0.2) is 0 Å². The second-order valence-corrected chi connectivity index (χ2v) is 3.93. The van der Waals surface area contributed by atoms with Gasteiger partial charge in [0.15, 0.2) is 0 Å². The molecule has 1 amide bonds. The molecule has 0 aliphatic carbocycles. The van der Waals surface area contributed by atoms with E-state index in [4.69, 9.17) is 10.5 Å². The summed E-state index contributed by atoms with van der Waals surface area (Å²) in [6.45, 7) is 5.06. The molecule has 1 heterocycles. The second kappa shape index (κ2) is 7.34. The maximum absolute atomic E-state index is 11.5. The lowest BCUT2D eigenvalue weighted by atomic mass is 10.5. The number of nitrogen functional groups attached to an aromatic ring is 1. The molecule has 19 heavy (non-hydrogen) atoms. The Labute approximate surface area is 112 Å². The largest absolute Gasteiger partial charge is 0.463 e. The Morgan fingerprint density at radius 1 is 1.37 bits per heavy atom. The monoisotopic (exact) mass is 268 g/mol. The predicted molar refractivity (Wildman–Crippen MR) is 72.0 cm³/mol. The summed E-state index contributed by atoms with van der Waals surface area (Å²) in [6.07, 6.45) is 0.843. The van der Waals surface area contributed by atoms with Crippen LogP contribution in [0.5, 0.6) is 6.01 Å². The van der Waals surface area contributed by atoms with E-state index < -0.39 is 0 Å². The van der Waals surface area contributed by atoms with Crippen molar-refractivity contribution in [2.45, 2.75) is 20.3 Å². The maximum Gasteiger partial charge on any atom is 0.323 e. The predicted octanol–water partition coefficient (Wildman–Crippen LogP) is -0.185. The zero-order valence-electron chi connectivity index (χ0n) is 11.5. The Bertz CT molecular complexity index is 426. The molecular weight excluding hydrogens is 248 g/mol. The molecular formula is C11H20N6O2. The van der Waals surface area contributed by atoms with Crippen LogP contribution in [0.4, 0.5) is 11.9 Å². The van der Waals surface area contributed by atoms with Crippen molar-refractivity contribution in [3.05, 3.63) is 0 Å². The number of carbonyl (C=O) groups is 1. The van der Waals surface area contributed by atoms with E-state index in [-0.39, 0.29) is 24.4 Å². The summed E-state index contributed by atoms with van der Waals surface area (Å²) in [4.78, 5) is 25.0. The summed E-state index contributed by atoms with van der Waals surface area (Å²) in [5.74, 6) is 0.267. The summed E-state index contributed by atoms with van der Waals surface area (Å²) in [5, 5.41) is 2.70. The summed E-state index contributed by atoms with van der Waals surface area (Å²) in [6, 6.07) is 0.173. The number of anilines is 2. The Morgan fingerprint density at radius 3 is 2.74 bits per heavy atom. The maximum atomic E-state index is 11.5. The van der Waals surface area contributed by atoms with Crippen molar-refractivity contribution < 1.29 is 9.53 Å². The number of amides is 1. The highest BCUT2D eigenvalue weighted by atomic mass is 16.5. The Hall–Kier alpha value is -2.12. The van der Waals surface area contributed by atoms with Crippen molar-refractivity contribution in [2.24, 2.45) is 0 Å². The summed E-state index contributed by atoms with van der Waals surface area (Å²) in [5.41, 5.74) is 5.59. The molecule has 0 saturated carbocycles. The van der Waals surface area contributed by atoms with Gasteiger partial charge in [0.2, 0.25) is 17.8 Å². The van der Waals surface area contributed by atoms with E-state index in [2.05, 4.69) is 20.3 Å². The fourth-order valence-corrected chi connectivity index (χ4v) is 1.33. The highest BCUT2D eigenvalue weighted by Crippen LogP contribution is 2.12. The highest BCUT2D eigenvalue weighted by Gasteiger charge is 2.12. The van der Waals surface area contributed by atoms with E-state index in [1.807, 2.05) is 13.8 Å². The molecule has 0 aliphatic rings. The Morgan fingerprint density at radius 2 is 2.11 bits per heavy atom. The number of aromatic nitrogens is 3. The Balaban J connectivity index is 2.75. The van der Waals surface area contributed by atoms with Gasteiger partial charge in [-0.25, -0.2) is 0 Å². The highest BCUT2D eigenvalue weighted by molar-refractivity contribution is 5.80. The van der Waals surface area contributed by atoms with Crippen LogP contribution in [0.2, 0.25) is 0 Å². The van der Waals surface area contributed by atoms with Gasteiger partial charge in [-0.15, -0.1) is 0 Å². The van der Waals surface area contributed by atoms with E-state index >= 15 is 0 Å². The van der Waals surface area contributed by atoms with Gasteiger partial charge >= 0.3 is 6.01 Å². The lowest BCUT2D eigenvalue weighted by Crippen LogP contribution is -2.35. The summed E-state index contributed by atoms with van der Waals surface area (Å²) < 4.78 is 5.31. The van der Waals surface area contributed by atoms with E-state index in [1.54, 1.807) is 11.9 Å². The minimum atomic E-state index is -0.111. The average molecular weight is 268 g/mol. The molecule has 0 spiro atoms. The quantitative estimate of drug-likeness (QED) is 0.706. The normalized spacial score (nSPS) is 10.1. The topological polar surface area (TPSA) is 106 Å². The SMILES string of the molecule is CCCOc1nc(N)nc(N(C)CC(=O)NCC)n1. The van der Waals surface area contributed by atoms with Gasteiger partial charge in [0.05, 0.1) is 13.2 Å². The molecule has 8 nitrogen and oxygen atoms in total. The number of likely N-dealkylation sites (N-methyl/N-ethyl adjacent to an activating group) is 2. The summed E-state index contributed by atoms with van der Waals surface area (Å²) >= 11 is 0. The molecule has 0 fully saturated rings. The number of rotatable bonds is 7. The van der Waals surface area contributed by atoms with Crippen LogP contribution < -0.4 is 20.7 Å². The number of nitrogens with zero attached hydrogens (tertiary/aromatic N) is 4. The molecule has 1 aromatic heterocycles. The number of ether oxygens (including phenoxy) is 1. The van der Waals surface area contributed by atoms with Crippen molar-refractivity contribution in [1.82, 2.24) is 20.3 Å². The summed E-state index contributed by atoms with van der Waals surface area (Å²) in [7, 11) is 1.70. The van der Waals surface area contributed by atoms with Crippen molar-refractivity contribution >= 4 is 17.8 Å². The molecule has 0 unspecified atom stereocenters. The van der Waals surface area contributed by atoms with Crippen molar-refractivity contribution in [3.8, 4) is 6.01 Å². The van der Waals surface area contributed by atoms with Gasteiger partial charge in [-0.3, -0.25) is 4.79 Å². The van der Waals surface area contributed by atoms with Crippen molar-refractivity contribution in [2.75, 3.05) is 37.4 Å². The third kappa shape index (κ3) is 4.94. The molecule has 0 bridgehead atoms. The van der Waals surface area contributed by atoms with Gasteiger partial charge in [0.1, 0.15) is 0 Å². The van der Waals surface area contributed by atoms with Crippen LogP contribution in [0.3, 0.4) is 0 Å². The molecule has 1 aromatic rings. The Kier molecular flexibility index (Phi) is 5.77. The fraction of sp³-hybridized carbons (Fsp3) is 0.636. The van der Waals surface area contributed by atoms with Crippen LogP contribution >= 0.6 is 0 Å². The van der Waals surface area contributed by atoms with Crippen LogP contribution in [-0.2, 0) is 4.79 Å². The molecule has 3 N–H and O–H groups in total. The fourth-order valence-electron chi connectivity index (χ4n) is 1.33. The van der Waals surface area contributed by atoms with Crippen molar-refractivity contribution in [3.63, 3.8) is 0 Å². The molecule has 106 valence electrons. The number of nitrogens with one attached hydrogen (secondary N) is 1. The van der Waals surface area contributed by atoms with E-state index in [9.17, 15) is 4.79 Å². The third-order valence-electron chi connectivity index (χ3n) is 2.15. The first-order valence-corrected chi connectivity index (χ1v) is 6.19. The molecule has 1 rings (SSSR count). The molecule has 0 radical (unpaired) electrons. The van der Waals surface area contributed by atoms with Gasteiger partial charge in [0, 0.05) is 13.6 Å². The number of hydrogen-bond acceptors (Lipinski definition) is 7. The molecule has 0 saturated heterocycles. The van der Waals surface area contributed by atoms with E-state index in [0.717, 1.165) is 6.42 Å². The van der Waals surface area contributed by atoms with Crippen molar-refractivity contribution in [1.29, 1.82) is 0 Å². The van der Waals surface area contributed by atoms with Crippen LogP contribution in [0.1, 0.15) is 20.3 Å². The van der Waals surface area contributed by atoms with Crippen LogP contribution in [0, 0.1) is 0 Å². The lowest BCUT2D eigenvalue weighted by Gasteiger charge is -2.16. The molecule has 8 heteroatoms. The van der Waals surface area contributed by atoms with E-state index in [0.29, 0.717) is 19.1 Å². The zero-order chi connectivity index (χ0) is 14.3. The first kappa shape index (κ1) is 14.9. The van der Waals surface area contributed by atoms with Gasteiger partial charge in [-0.05, 0) is 13.3 Å². The van der Waals surface area contributed by atoms with Gasteiger partial charge in [-0.1, -0.05) is 6.92 Å². The van der Waals surface area contributed by atoms with Gasteiger partial charge < -0.3 is 20.7 Å². The minimum absolute atomic E-state index is 0.0684. The third-order valence-corrected chi connectivity index (χ3v) is 2.15. The average Bonchev–Trinajstić information content (AvgIpc) is 2.36. The first-order chi connectivity index (χ1) is 9.06. The number of hydrogen-bond donors (Lipinski definition) is 2. The molecule has 0 aliphatic heterocycles. The molecule has 0 atom stereocenters. The zero-order valence-corrected chi connectivity index (χ0v) is 11.5.